The fourth-order valence-electron chi connectivity index (χ4n) is 3.11. The number of rotatable bonds is 5. The molecule has 0 bridgehead atoms. The van der Waals surface area contributed by atoms with E-state index in [1.165, 1.54) is 0 Å². The van der Waals surface area contributed by atoms with Crippen molar-refractivity contribution in [1.82, 2.24) is 10.2 Å². The summed E-state index contributed by atoms with van der Waals surface area (Å²) in [6.07, 6.45) is 5.76. The Morgan fingerprint density at radius 3 is 2.61 bits per heavy atom. The lowest BCUT2D eigenvalue weighted by molar-refractivity contribution is -0.133. The van der Waals surface area contributed by atoms with E-state index in [2.05, 4.69) is 5.32 Å². The lowest BCUT2D eigenvalue weighted by Gasteiger charge is -2.30. The molecule has 1 aromatic carbocycles. The molecule has 1 aliphatic rings. The van der Waals surface area contributed by atoms with Crippen LogP contribution in [0.2, 0.25) is 5.02 Å². The number of hydrogen-bond acceptors (Lipinski definition) is 2. The Bertz CT molecular complexity index is 530. The van der Waals surface area contributed by atoms with Crippen molar-refractivity contribution in [1.29, 1.82) is 0 Å². The van der Waals surface area contributed by atoms with Crippen LogP contribution in [0.5, 0.6) is 0 Å². The predicted molar refractivity (Wildman–Crippen MR) is 92.3 cm³/mol. The van der Waals surface area contributed by atoms with Gasteiger partial charge in [0.2, 0.25) is 11.8 Å². The average Bonchev–Trinajstić information content (AvgIpc) is 2.81. The predicted octanol–water partition coefficient (Wildman–Crippen LogP) is 3.70. The lowest BCUT2D eigenvalue weighted by Crippen LogP contribution is -2.34. The van der Waals surface area contributed by atoms with Gasteiger partial charge in [0.15, 0.2) is 0 Å². The van der Waals surface area contributed by atoms with E-state index in [0.29, 0.717) is 24.3 Å². The number of nitrogens with zero attached hydrogens (tertiary/aromatic N) is 1. The van der Waals surface area contributed by atoms with Crippen molar-refractivity contribution in [2.75, 3.05) is 13.6 Å². The van der Waals surface area contributed by atoms with Gasteiger partial charge in [-0.05, 0) is 37.0 Å². The molecule has 0 aliphatic carbocycles. The van der Waals surface area contributed by atoms with Crippen molar-refractivity contribution >= 4 is 23.4 Å². The van der Waals surface area contributed by atoms with Gasteiger partial charge < -0.3 is 10.2 Å². The van der Waals surface area contributed by atoms with E-state index in [0.717, 1.165) is 37.8 Å². The summed E-state index contributed by atoms with van der Waals surface area (Å²) in [4.78, 5) is 25.9. The highest BCUT2D eigenvalue weighted by Crippen LogP contribution is 2.31. The van der Waals surface area contributed by atoms with E-state index < -0.39 is 0 Å². The molecule has 1 atom stereocenters. The SMILES string of the molecule is CNC(=O)CCCC(=O)N1CCCCC[C@H]1c1ccc(Cl)cc1. The van der Waals surface area contributed by atoms with Gasteiger partial charge in [0.1, 0.15) is 0 Å². The molecule has 0 saturated carbocycles. The zero-order valence-electron chi connectivity index (χ0n) is 13.7. The van der Waals surface area contributed by atoms with E-state index in [1.807, 2.05) is 29.2 Å². The molecular weight excluding hydrogens is 312 g/mol. The molecule has 2 rings (SSSR count). The van der Waals surface area contributed by atoms with Gasteiger partial charge in [0.25, 0.3) is 0 Å². The standard InChI is InChI=1S/C18H25ClN2O2/c1-20-17(22)7-5-8-18(23)21-13-4-2-3-6-16(21)14-9-11-15(19)12-10-14/h9-12,16H,2-8,13H2,1H3,(H,20,22)/t16-/m0/s1. The van der Waals surface area contributed by atoms with Crippen LogP contribution >= 0.6 is 11.6 Å². The Morgan fingerprint density at radius 1 is 1.17 bits per heavy atom. The van der Waals surface area contributed by atoms with Crippen LogP contribution in [0.15, 0.2) is 24.3 Å². The van der Waals surface area contributed by atoms with Crippen molar-refractivity contribution in [3.8, 4) is 0 Å². The first-order valence-electron chi connectivity index (χ1n) is 8.37. The Morgan fingerprint density at radius 2 is 1.91 bits per heavy atom. The molecule has 1 saturated heterocycles. The highest BCUT2D eigenvalue weighted by molar-refractivity contribution is 6.30. The van der Waals surface area contributed by atoms with Crippen LogP contribution in [0.4, 0.5) is 0 Å². The van der Waals surface area contributed by atoms with Gasteiger partial charge in [0, 0.05) is 31.5 Å². The van der Waals surface area contributed by atoms with Crippen LogP contribution in [0, 0.1) is 0 Å². The molecule has 0 spiro atoms. The van der Waals surface area contributed by atoms with E-state index in [9.17, 15) is 9.59 Å². The highest BCUT2D eigenvalue weighted by atomic mass is 35.5. The van der Waals surface area contributed by atoms with E-state index >= 15 is 0 Å². The molecule has 23 heavy (non-hydrogen) atoms. The van der Waals surface area contributed by atoms with Crippen LogP contribution in [-0.4, -0.2) is 30.3 Å². The quantitative estimate of drug-likeness (QED) is 0.891. The third-order valence-corrected chi connectivity index (χ3v) is 4.65. The van der Waals surface area contributed by atoms with Crippen molar-refractivity contribution in [2.24, 2.45) is 0 Å². The van der Waals surface area contributed by atoms with Crippen molar-refractivity contribution in [3.63, 3.8) is 0 Å². The third-order valence-electron chi connectivity index (χ3n) is 4.40. The highest BCUT2D eigenvalue weighted by Gasteiger charge is 2.26. The molecular formula is C18H25ClN2O2. The Balaban J connectivity index is 2.03. The number of halogens is 1. The monoisotopic (exact) mass is 336 g/mol. The Kier molecular flexibility index (Phi) is 6.90. The first-order chi connectivity index (χ1) is 11.1. The van der Waals surface area contributed by atoms with Gasteiger partial charge in [-0.2, -0.15) is 0 Å². The summed E-state index contributed by atoms with van der Waals surface area (Å²) in [5, 5.41) is 3.31. The number of carbonyl (C=O) groups excluding carboxylic acids is 2. The average molecular weight is 337 g/mol. The molecule has 1 aromatic rings. The zero-order valence-corrected chi connectivity index (χ0v) is 14.4. The number of benzene rings is 1. The third kappa shape index (κ3) is 5.24. The van der Waals surface area contributed by atoms with Crippen LogP contribution in [0.3, 0.4) is 0 Å². The van der Waals surface area contributed by atoms with Crippen molar-refractivity contribution < 1.29 is 9.59 Å². The molecule has 4 nitrogen and oxygen atoms in total. The van der Waals surface area contributed by atoms with Crippen molar-refractivity contribution in [3.05, 3.63) is 34.9 Å². The number of hydrogen-bond donors (Lipinski definition) is 1. The zero-order chi connectivity index (χ0) is 16.7. The Labute approximate surface area is 143 Å². The van der Waals surface area contributed by atoms with Gasteiger partial charge >= 0.3 is 0 Å². The number of nitrogens with one attached hydrogen (secondary N) is 1. The van der Waals surface area contributed by atoms with Crippen LogP contribution in [0.1, 0.15) is 56.6 Å². The minimum atomic E-state index is -0.0112. The molecule has 5 heteroatoms. The largest absolute Gasteiger partial charge is 0.359 e. The van der Waals surface area contributed by atoms with Gasteiger partial charge in [0.05, 0.1) is 6.04 Å². The molecule has 2 amide bonds. The first-order valence-corrected chi connectivity index (χ1v) is 8.75. The maximum Gasteiger partial charge on any atom is 0.223 e. The summed E-state index contributed by atoms with van der Waals surface area (Å²) in [5.41, 5.74) is 1.15. The van der Waals surface area contributed by atoms with Crippen LogP contribution < -0.4 is 5.32 Å². The summed E-state index contributed by atoms with van der Waals surface area (Å²) in [6.45, 7) is 0.798. The molecule has 0 aromatic heterocycles. The first kappa shape index (κ1) is 17.8. The van der Waals surface area contributed by atoms with Crippen LogP contribution in [0.25, 0.3) is 0 Å². The maximum atomic E-state index is 12.6. The molecule has 0 radical (unpaired) electrons. The lowest BCUT2D eigenvalue weighted by atomic mass is 10.0. The second-order valence-electron chi connectivity index (χ2n) is 6.03. The molecule has 1 heterocycles. The molecule has 1 aliphatic heterocycles. The molecule has 126 valence electrons. The number of likely N-dealkylation sites (tertiary alicyclic amines) is 1. The van der Waals surface area contributed by atoms with Crippen molar-refractivity contribution in [2.45, 2.75) is 51.0 Å². The topological polar surface area (TPSA) is 49.4 Å². The molecule has 0 unspecified atom stereocenters. The summed E-state index contributed by atoms with van der Waals surface area (Å²) in [7, 11) is 1.62. The molecule has 1 N–H and O–H groups in total. The second kappa shape index (κ2) is 8.92. The van der Waals surface area contributed by atoms with E-state index in [4.69, 9.17) is 11.6 Å². The minimum absolute atomic E-state index is 0.0112. The number of carbonyl (C=O) groups is 2. The van der Waals surface area contributed by atoms with Gasteiger partial charge in [-0.15, -0.1) is 0 Å². The van der Waals surface area contributed by atoms with Gasteiger partial charge in [-0.25, -0.2) is 0 Å². The van der Waals surface area contributed by atoms with E-state index in [-0.39, 0.29) is 17.9 Å². The summed E-state index contributed by atoms with van der Waals surface area (Å²) >= 11 is 5.98. The minimum Gasteiger partial charge on any atom is -0.359 e. The second-order valence-corrected chi connectivity index (χ2v) is 6.47. The Hall–Kier alpha value is -1.55. The fraction of sp³-hybridized carbons (Fsp3) is 0.556. The summed E-state index contributed by atoms with van der Waals surface area (Å²) in [6, 6.07) is 7.93. The summed E-state index contributed by atoms with van der Waals surface area (Å²) < 4.78 is 0. The fourth-order valence-corrected chi connectivity index (χ4v) is 3.23. The summed E-state index contributed by atoms with van der Waals surface area (Å²) in [5.74, 6) is 0.138. The van der Waals surface area contributed by atoms with Gasteiger partial charge in [-0.3, -0.25) is 9.59 Å². The van der Waals surface area contributed by atoms with Gasteiger partial charge in [-0.1, -0.05) is 36.6 Å². The smallest absolute Gasteiger partial charge is 0.223 e. The number of amides is 2. The van der Waals surface area contributed by atoms with E-state index in [1.54, 1.807) is 7.05 Å². The van der Waals surface area contributed by atoms with Crippen LogP contribution in [-0.2, 0) is 9.59 Å². The normalized spacial score (nSPS) is 18.3. The maximum absolute atomic E-state index is 12.6. The molecule has 1 fully saturated rings.